The van der Waals surface area contributed by atoms with Crippen LogP contribution in [0, 0.1) is 5.82 Å². The predicted molar refractivity (Wildman–Crippen MR) is 100 cm³/mol. The number of carbonyl (C=O) groups excluding carboxylic acids is 1. The second-order valence-electron chi connectivity index (χ2n) is 6.94. The first-order valence-corrected chi connectivity index (χ1v) is 9.18. The summed E-state index contributed by atoms with van der Waals surface area (Å²) in [6.45, 7) is 1.70. The van der Waals surface area contributed by atoms with Crippen molar-refractivity contribution in [3.63, 3.8) is 0 Å². The molecule has 1 unspecified atom stereocenters. The molecule has 1 aliphatic heterocycles. The summed E-state index contributed by atoms with van der Waals surface area (Å²) in [6.07, 6.45) is 3.64. The first-order valence-electron chi connectivity index (χ1n) is 9.18. The van der Waals surface area contributed by atoms with Gasteiger partial charge in [0.1, 0.15) is 11.3 Å². The Morgan fingerprint density at radius 2 is 2.11 bits per heavy atom. The van der Waals surface area contributed by atoms with E-state index in [9.17, 15) is 14.0 Å². The Bertz CT molecular complexity index is 1060. The van der Waals surface area contributed by atoms with Crippen LogP contribution in [-0.4, -0.2) is 46.1 Å². The van der Waals surface area contributed by atoms with E-state index in [1.807, 2.05) is 4.90 Å². The minimum Gasteiger partial charge on any atom is -0.380 e. The summed E-state index contributed by atoms with van der Waals surface area (Å²) in [5.74, 6) is -0.317. The average Bonchev–Trinajstić information content (AvgIpc) is 3.33. The zero-order chi connectivity index (χ0) is 19.0. The van der Waals surface area contributed by atoms with E-state index in [0.29, 0.717) is 43.5 Å². The molecular formula is C20H22FN3O3. The average molecular weight is 371 g/mol. The molecule has 1 amide bonds. The molecule has 0 saturated carbocycles. The normalized spacial score (nSPS) is 17.3. The van der Waals surface area contributed by atoms with Crippen LogP contribution in [0.2, 0.25) is 0 Å². The van der Waals surface area contributed by atoms with Crippen LogP contribution >= 0.6 is 0 Å². The van der Waals surface area contributed by atoms with Crippen LogP contribution in [0.1, 0.15) is 19.3 Å². The Morgan fingerprint density at radius 1 is 1.26 bits per heavy atom. The maximum Gasteiger partial charge on any atom is 0.275 e. The first-order chi connectivity index (χ1) is 13.1. The molecule has 0 radical (unpaired) electrons. The van der Waals surface area contributed by atoms with Crippen LogP contribution in [-0.2, 0) is 16.1 Å². The molecule has 1 aromatic carbocycles. The Labute approximate surface area is 155 Å². The highest BCUT2D eigenvalue weighted by atomic mass is 19.1. The number of fused-ring (bicyclic) bond motifs is 3. The van der Waals surface area contributed by atoms with Gasteiger partial charge in [-0.3, -0.25) is 9.59 Å². The van der Waals surface area contributed by atoms with Crippen molar-refractivity contribution in [1.29, 1.82) is 0 Å². The van der Waals surface area contributed by atoms with Crippen molar-refractivity contribution in [1.82, 2.24) is 13.9 Å². The quantitative estimate of drug-likeness (QED) is 0.692. The maximum absolute atomic E-state index is 13.8. The number of amides is 1. The van der Waals surface area contributed by atoms with Gasteiger partial charge in [-0.1, -0.05) is 0 Å². The molecule has 4 rings (SSSR count). The smallest absolute Gasteiger partial charge is 0.275 e. The third-order valence-electron chi connectivity index (χ3n) is 5.30. The van der Waals surface area contributed by atoms with Crippen LogP contribution < -0.4 is 5.56 Å². The van der Waals surface area contributed by atoms with Crippen LogP contribution in [0.3, 0.4) is 0 Å². The van der Waals surface area contributed by atoms with E-state index in [4.69, 9.17) is 4.74 Å². The van der Waals surface area contributed by atoms with Gasteiger partial charge in [-0.25, -0.2) is 4.39 Å². The predicted octanol–water partition coefficient (Wildman–Crippen LogP) is 2.42. The second-order valence-corrected chi connectivity index (χ2v) is 6.94. The van der Waals surface area contributed by atoms with Gasteiger partial charge in [0.2, 0.25) is 5.91 Å². The number of carbonyl (C=O) groups is 1. The van der Waals surface area contributed by atoms with Gasteiger partial charge in [-0.15, -0.1) is 0 Å². The van der Waals surface area contributed by atoms with E-state index in [1.165, 1.54) is 12.1 Å². The molecule has 2 aromatic heterocycles. The fourth-order valence-corrected chi connectivity index (χ4v) is 3.85. The monoisotopic (exact) mass is 371 g/mol. The number of nitrogens with zero attached hydrogens (tertiary/aromatic N) is 3. The fraction of sp³-hybridized carbons (Fsp3) is 0.400. The number of likely N-dealkylation sites (tertiary alicyclic amines) is 1. The SMILES string of the molecule is COC1CCN(C(=O)CCCn2c(=O)c3cccn3c3ccc(F)cc32)C1. The molecule has 0 spiro atoms. The molecule has 0 N–H and O–H groups in total. The molecule has 7 heteroatoms. The molecule has 0 bridgehead atoms. The Morgan fingerprint density at radius 3 is 2.89 bits per heavy atom. The first kappa shape index (κ1) is 17.7. The standard InChI is InChI=1S/C20H22FN3O3/c1-27-15-8-11-22(13-15)19(25)5-3-10-24-18-12-14(21)6-7-16(18)23-9-2-4-17(23)20(24)26/h2,4,6-7,9,12,15H,3,5,8,10-11,13H2,1H3. The van der Waals surface area contributed by atoms with E-state index in [1.54, 1.807) is 40.5 Å². The van der Waals surface area contributed by atoms with Crippen LogP contribution in [0.15, 0.2) is 41.3 Å². The van der Waals surface area contributed by atoms with Gasteiger partial charge in [0.15, 0.2) is 0 Å². The van der Waals surface area contributed by atoms with E-state index >= 15 is 0 Å². The lowest BCUT2D eigenvalue weighted by Gasteiger charge is -2.17. The third-order valence-corrected chi connectivity index (χ3v) is 5.30. The Kier molecular flexibility index (Phi) is 4.70. The zero-order valence-electron chi connectivity index (χ0n) is 15.2. The van der Waals surface area contributed by atoms with Gasteiger partial charge in [0.25, 0.3) is 5.56 Å². The molecule has 3 heterocycles. The van der Waals surface area contributed by atoms with Crippen molar-refractivity contribution in [2.24, 2.45) is 0 Å². The fourth-order valence-electron chi connectivity index (χ4n) is 3.85. The zero-order valence-corrected chi connectivity index (χ0v) is 15.2. The summed E-state index contributed by atoms with van der Waals surface area (Å²) >= 11 is 0. The van der Waals surface area contributed by atoms with Gasteiger partial charge >= 0.3 is 0 Å². The van der Waals surface area contributed by atoms with Gasteiger partial charge < -0.3 is 18.6 Å². The lowest BCUT2D eigenvalue weighted by molar-refractivity contribution is -0.130. The van der Waals surface area contributed by atoms with Gasteiger partial charge in [-0.05, 0) is 43.2 Å². The summed E-state index contributed by atoms with van der Waals surface area (Å²) in [6, 6.07) is 7.99. The molecule has 3 aromatic rings. The van der Waals surface area contributed by atoms with Gasteiger partial charge in [0, 0.05) is 39.4 Å². The topological polar surface area (TPSA) is 56.0 Å². The van der Waals surface area contributed by atoms with Crippen molar-refractivity contribution < 1.29 is 13.9 Å². The third kappa shape index (κ3) is 3.23. The van der Waals surface area contributed by atoms with E-state index in [2.05, 4.69) is 0 Å². The van der Waals surface area contributed by atoms with E-state index in [0.717, 1.165) is 11.9 Å². The van der Waals surface area contributed by atoms with E-state index < -0.39 is 0 Å². The highest BCUT2D eigenvalue weighted by molar-refractivity contribution is 5.79. The maximum atomic E-state index is 13.8. The molecule has 6 nitrogen and oxygen atoms in total. The Balaban J connectivity index is 1.56. The molecule has 1 fully saturated rings. The molecule has 1 saturated heterocycles. The number of benzene rings is 1. The Hall–Kier alpha value is -2.67. The lowest BCUT2D eigenvalue weighted by atomic mass is 10.2. The summed E-state index contributed by atoms with van der Waals surface area (Å²) in [4.78, 5) is 27.0. The molecular weight excluding hydrogens is 349 g/mol. The van der Waals surface area contributed by atoms with E-state index in [-0.39, 0.29) is 23.4 Å². The van der Waals surface area contributed by atoms with Gasteiger partial charge in [0.05, 0.1) is 17.1 Å². The number of hydrogen-bond acceptors (Lipinski definition) is 3. The molecule has 1 atom stereocenters. The van der Waals surface area contributed by atoms with Crippen molar-refractivity contribution in [3.8, 4) is 0 Å². The minimum absolute atomic E-state index is 0.0712. The van der Waals surface area contributed by atoms with Crippen LogP contribution in [0.5, 0.6) is 0 Å². The van der Waals surface area contributed by atoms with Crippen LogP contribution in [0.25, 0.3) is 16.6 Å². The van der Waals surface area contributed by atoms with Crippen molar-refractivity contribution >= 4 is 22.5 Å². The number of hydrogen-bond donors (Lipinski definition) is 0. The summed E-state index contributed by atoms with van der Waals surface area (Å²) in [5.41, 5.74) is 1.68. The molecule has 0 aliphatic carbocycles. The number of aryl methyl sites for hydroxylation is 1. The van der Waals surface area contributed by atoms with Crippen molar-refractivity contribution in [3.05, 3.63) is 52.7 Å². The molecule has 1 aliphatic rings. The number of rotatable bonds is 5. The van der Waals surface area contributed by atoms with Gasteiger partial charge in [-0.2, -0.15) is 0 Å². The number of halogens is 1. The van der Waals surface area contributed by atoms with Crippen molar-refractivity contribution in [2.45, 2.75) is 31.9 Å². The number of aromatic nitrogens is 2. The largest absolute Gasteiger partial charge is 0.380 e. The van der Waals surface area contributed by atoms with Crippen molar-refractivity contribution in [2.75, 3.05) is 20.2 Å². The highest BCUT2D eigenvalue weighted by Crippen LogP contribution is 2.18. The molecule has 27 heavy (non-hydrogen) atoms. The minimum atomic E-state index is -0.388. The second kappa shape index (κ2) is 7.15. The highest BCUT2D eigenvalue weighted by Gasteiger charge is 2.25. The lowest BCUT2D eigenvalue weighted by Crippen LogP contribution is -2.30. The van der Waals surface area contributed by atoms with Crippen LogP contribution in [0.4, 0.5) is 4.39 Å². The molecule has 142 valence electrons. The number of methoxy groups -OCH3 is 1. The number of ether oxygens (including phenoxy) is 1. The summed E-state index contributed by atoms with van der Waals surface area (Å²) < 4.78 is 22.4. The summed E-state index contributed by atoms with van der Waals surface area (Å²) in [5, 5.41) is 0. The summed E-state index contributed by atoms with van der Waals surface area (Å²) in [7, 11) is 1.66.